The zero-order valence-electron chi connectivity index (χ0n) is 10.6. The van der Waals surface area contributed by atoms with E-state index >= 15 is 0 Å². The van der Waals surface area contributed by atoms with Gasteiger partial charge in [0.05, 0.1) is 5.57 Å². The molecule has 4 nitrogen and oxygen atoms in total. The van der Waals surface area contributed by atoms with Crippen molar-refractivity contribution in [1.82, 2.24) is 4.90 Å². The van der Waals surface area contributed by atoms with Crippen LogP contribution in [0.2, 0.25) is 0 Å². The number of hydrogen-bond acceptors (Lipinski definition) is 3. The molecular weight excluding hydrogens is 240 g/mol. The minimum Gasteiger partial charge on any atom is -0.324 e. The quantitative estimate of drug-likeness (QED) is 0.608. The lowest BCUT2D eigenvalue weighted by atomic mass is 9.97. The zero-order valence-corrected chi connectivity index (χ0v) is 10.6. The molecule has 2 rings (SSSR count). The van der Waals surface area contributed by atoms with E-state index < -0.39 is 0 Å². The van der Waals surface area contributed by atoms with E-state index in [9.17, 15) is 9.59 Å². The summed E-state index contributed by atoms with van der Waals surface area (Å²) in [6, 6.07) is -0.179. The van der Waals surface area contributed by atoms with Crippen molar-refractivity contribution in [3.05, 3.63) is 60.3 Å². The first-order valence-electron chi connectivity index (χ1n) is 6.13. The second-order valence-corrected chi connectivity index (χ2v) is 4.37. The Kier molecular flexibility index (Phi) is 3.92. The van der Waals surface area contributed by atoms with Gasteiger partial charge in [0.25, 0.3) is 11.8 Å². The Morgan fingerprint density at radius 2 is 2.00 bits per heavy atom. The third kappa shape index (κ3) is 2.63. The van der Waals surface area contributed by atoms with Crippen molar-refractivity contribution in [3.8, 4) is 0 Å². The molecule has 0 bridgehead atoms. The lowest BCUT2D eigenvalue weighted by molar-refractivity contribution is -0.135. The fraction of sp³-hybridized carbons (Fsp3) is 0.200. The predicted molar refractivity (Wildman–Crippen MR) is 74.0 cm³/mol. The average Bonchev–Trinajstić information content (AvgIpc) is 2.63. The molecule has 2 amide bonds. The zero-order chi connectivity index (χ0) is 13.8. The number of hydrogen-bond donors (Lipinski definition) is 1. The summed E-state index contributed by atoms with van der Waals surface area (Å²) in [5, 5.41) is 0. The van der Waals surface area contributed by atoms with E-state index in [4.69, 9.17) is 5.73 Å². The van der Waals surface area contributed by atoms with Gasteiger partial charge in [-0.2, -0.15) is 0 Å². The molecule has 0 saturated carbocycles. The molecule has 2 aliphatic rings. The van der Waals surface area contributed by atoms with Gasteiger partial charge in [0.15, 0.2) is 0 Å². The number of nitrogens with zero attached hydrogens (tertiary/aromatic N) is 1. The van der Waals surface area contributed by atoms with Crippen molar-refractivity contribution in [3.63, 3.8) is 0 Å². The largest absolute Gasteiger partial charge is 0.324 e. The standard InChI is InChI=1S/C15H16N2O2/c1-2-3-4-5-6-9-17-14(18)12-8-7-11(16)10-13(12)15(17)19/h2-6,8,10-11H,1,7,9,16H2/b4-3-,6-5-. The maximum Gasteiger partial charge on any atom is 0.261 e. The summed E-state index contributed by atoms with van der Waals surface area (Å²) in [6.45, 7) is 3.82. The molecule has 1 unspecified atom stereocenters. The topological polar surface area (TPSA) is 63.4 Å². The number of nitrogens with two attached hydrogens (primary N) is 1. The van der Waals surface area contributed by atoms with Gasteiger partial charge in [-0.3, -0.25) is 14.5 Å². The maximum atomic E-state index is 12.1. The summed E-state index contributed by atoms with van der Waals surface area (Å²) < 4.78 is 0. The Balaban J connectivity index is 2.11. The van der Waals surface area contributed by atoms with Crippen LogP contribution < -0.4 is 5.73 Å². The highest BCUT2D eigenvalue weighted by molar-refractivity contribution is 6.24. The molecule has 1 heterocycles. The second-order valence-electron chi connectivity index (χ2n) is 4.37. The van der Waals surface area contributed by atoms with Crippen LogP contribution in [0.4, 0.5) is 0 Å². The van der Waals surface area contributed by atoms with Crippen molar-refractivity contribution in [2.45, 2.75) is 12.5 Å². The Morgan fingerprint density at radius 3 is 2.74 bits per heavy atom. The van der Waals surface area contributed by atoms with Crippen molar-refractivity contribution >= 4 is 11.8 Å². The minimum absolute atomic E-state index is 0.179. The van der Waals surface area contributed by atoms with E-state index in [-0.39, 0.29) is 24.4 Å². The van der Waals surface area contributed by atoms with Crippen LogP contribution in [-0.4, -0.2) is 29.3 Å². The lowest BCUT2D eigenvalue weighted by Crippen LogP contribution is -2.29. The van der Waals surface area contributed by atoms with Crippen molar-refractivity contribution < 1.29 is 9.59 Å². The fourth-order valence-electron chi connectivity index (χ4n) is 2.06. The summed E-state index contributed by atoms with van der Waals surface area (Å²) in [6.07, 6.45) is 12.8. The number of carbonyl (C=O) groups excluding carboxylic acids is 2. The van der Waals surface area contributed by atoms with Gasteiger partial charge < -0.3 is 5.73 Å². The van der Waals surface area contributed by atoms with Gasteiger partial charge in [0.1, 0.15) is 0 Å². The molecule has 1 saturated heterocycles. The fourth-order valence-corrected chi connectivity index (χ4v) is 2.06. The number of rotatable bonds is 4. The highest BCUT2D eigenvalue weighted by Crippen LogP contribution is 2.28. The molecule has 1 fully saturated rings. The number of amides is 2. The third-order valence-corrected chi connectivity index (χ3v) is 3.00. The summed E-state index contributed by atoms with van der Waals surface area (Å²) in [7, 11) is 0. The van der Waals surface area contributed by atoms with Gasteiger partial charge >= 0.3 is 0 Å². The molecule has 0 aromatic rings. The molecule has 0 spiro atoms. The van der Waals surface area contributed by atoms with Gasteiger partial charge in [-0.05, 0) is 6.42 Å². The number of imide groups is 1. The van der Waals surface area contributed by atoms with Crippen molar-refractivity contribution in [1.29, 1.82) is 0 Å². The van der Waals surface area contributed by atoms with E-state index in [0.29, 0.717) is 17.6 Å². The van der Waals surface area contributed by atoms with Gasteiger partial charge in [-0.1, -0.05) is 49.1 Å². The summed E-state index contributed by atoms with van der Waals surface area (Å²) in [4.78, 5) is 25.4. The first-order valence-corrected chi connectivity index (χ1v) is 6.13. The van der Waals surface area contributed by atoms with Gasteiger partial charge in [0.2, 0.25) is 0 Å². The summed E-state index contributed by atoms with van der Waals surface area (Å²) in [5.41, 5.74) is 6.69. The Hall–Kier alpha value is -2.20. The van der Waals surface area contributed by atoms with Crippen LogP contribution in [0.25, 0.3) is 0 Å². The van der Waals surface area contributed by atoms with Gasteiger partial charge in [-0.25, -0.2) is 0 Å². The Bertz CT molecular complexity index is 538. The number of carbonyl (C=O) groups is 2. The predicted octanol–water partition coefficient (Wildman–Crippen LogP) is 1.24. The van der Waals surface area contributed by atoms with Crippen LogP contribution in [0.15, 0.2) is 60.3 Å². The molecular formula is C15H16N2O2. The molecule has 0 aromatic heterocycles. The highest BCUT2D eigenvalue weighted by atomic mass is 16.2. The van der Waals surface area contributed by atoms with Gasteiger partial charge in [-0.15, -0.1) is 0 Å². The summed E-state index contributed by atoms with van der Waals surface area (Å²) >= 11 is 0. The van der Waals surface area contributed by atoms with E-state index in [1.807, 2.05) is 0 Å². The molecule has 2 N–H and O–H groups in total. The third-order valence-electron chi connectivity index (χ3n) is 3.00. The smallest absolute Gasteiger partial charge is 0.261 e. The van der Waals surface area contributed by atoms with Crippen LogP contribution in [0.3, 0.4) is 0 Å². The lowest BCUT2D eigenvalue weighted by Gasteiger charge is -2.09. The molecule has 19 heavy (non-hydrogen) atoms. The number of likely N-dealkylation sites (tertiary alicyclic amines) is 1. The van der Waals surface area contributed by atoms with Crippen LogP contribution in [-0.2, 0) is 9.59 Å². The van der Waals surface area contributed by atoms with E-state index in [2.05, 4.69) is 6.58 Å². The number of allylic oxidation sites excluding steroid dienone is 4. The second kappa shape index (κ2) is 5.63. The van der Waals surface area contributed by atoms with E-state index in [1.165, 1.54) is 4.90 Å². The van der Waals surface area contributed by atoms with E-state index in [1.54, 1.807) is 42.5 Å². The Morgan fingerprint density at radius 1 is 1.26 bits per heavy atom. The Labute approximate surface area is 112 Å². The normalized spacial score (nSPS) is 23.0. The molecule has 0 radical (unpaired) electrons. The maximum absolute atomic E-state index is 12.1. The van der Waals surface area contributed by atoms with Crippen LogP contribution in [0, 0.1) is 0 Å². The first kappa shape index (κ1) is 13.2. The molecule has 4 heteroatoms. The van der Waals surface area contributed by atoms with Crippen molar-refractivity contribution in [2.75, 3.05) is 6.54 Å². The monoisotopic (exact) mass is 256 g/mol. The van der Waals surface area contributed by atoms with Crippen molar-refractivity contribution in [2.24, 2.45) is 5.73 Å². The highest BCUT2D eigenvalue weighted by Gasteiger charge is 2.39. The molecule has 1 aliphatic carbocycles. The molecule has 98 valence electrons. The first-order chi connectivity index (χ1) is 9.15. The molecule has 1 atom stereocenters. The number of fused-ring (bicyclic) bond motifs is 1. The minimum atomic E-state index is -0.260. The molecule has 0 aromatic carbocycles. The van der Waals surface area contributed by atoms with Crippen LogP contribution in [0.1, 0.15) is 6.42 Å². The molecule has 1 aliphatic heterocycles. The van der Waals surface area contributed by atoms with Gasteiger partial charge in [0, 0.05) is 18.2 Å². The summed E-state index contributed by atoms with van der Waals surface area (Å²) in [5.74, 6) is -0.496. The average molecular weight is 256 g/mol. The van der Waals surface area contributed by atoms with E-state index in [0.717, 1.165) is 0 Å². The van der Waals surface area contributed by atoms with Crippen LogP contribution >= 0.6 is 0 Å². The SMILES string of the molecule is C=C/C=C\C=C/CN1C(=O)C2=CCC(N)C=C2C1=O. The van der Waals surface area contributed by atoms with Crippen LogP contribution in [0.5, 0.6) is 0 Å².